The van der Waals surface area contributed by atoms with Crippen molar-refractivity contribution in [1.29, 1.82) is 0 Å². The number of nitrogens with zero attached hydrogens (tertiary/aromatic N) is 4. The predicted octanol–water partition coefficient (Wildman–Crippen LogP) is 1.66. The molecule has 1 N–H and O–H groups in total. The second kappa shape index (κ2) is 7.56. The van der Waals surface area contributed by atoms with Crippen molar-refractivity contribution in [3.8, 4) is 0 Å². The number of ether oxygens (including phenoxy) is 1. The molecule has 0 aliphatic heterocycles. The van der Waals surface area contributed by atoms with Crippen molar-refractivity contribution in [2.75, 3.05) is 11.9 Å². The van der Waals surface area contributed by atoms with Gasteiger partial charge >= 0.3 is 5.97 Å². The number of benzene rings is 2. The molecule has 0 spiro atoms. The van der Waals surface area contributed by atoms with Crippen LogP contribution in [0.4, 0.5) is 15.8 Å². The van der Waals surface area contributed by atoms with Crippen molar-refractivity contribution in [2.45, 2.75) is 6.54 Å². The van der Waals surface area contributed by atoms with Gasteiger partial charge in [0.25, 0.3) is 11.6 Å². The molecular weight excluding hydrogens is 361 g/mol. The fourth-order valence-corrected chi connectivity index (χ4v) is 2.26. The third-order valence-corrected chi connectivity index (χ3v) is 3.50. The third kappa shape index (κ3) is 4.21. The van der Waals surface area contributed by atoms with Crippen LogP contribution < -0.4 is 5.32 Å². The number of rotatable bonds is 6. The average molecular weight is 373 g/mol. The molecule has 0 radical (unpaired) electrons. The molecule has 27 heavy (non-hydrogen) atoms. The van der Waals surface area contributed by atoms with Crippen LogP contribution in [0.3, 0.4) is 0 Å². The maximum absolute atomic E-state index is 13.6. The number of nitro benzene ring substituents is 1. The largest absolute Gasteiger partial charge is 0.454 e. The van der Waals surface area contributed by atoms with Gasteiger partial charge in [0.15, 0.2) is 6.61 Å². The molecule has 1 amide bonds. The van der Waals surface area contributed by atoms with Crippen molar-refractivity contribution >= 4 is 34.3 Å². The number of aromatic nitrogens is 3. The molecule has 1 aromatic heterocycles. The van der Waals surface area contributed by atoms with E-state index in [0.29, 0.717) is 11.0 Å². The number of anilines is 1. The number of non-ortho nitro benzene ring substituents is 1. The van der Waals surface area contributed by atoms with Crippen LogP contribution in [0.15, 0.2) is 42.5 Å². The van der Waals surface area contributed by atoms with Gasteiger partial charge in [-0.05, 0) is 18.2 Å². The van der Waals surface area contributed by atoms with Crippen molar-refractivity contribution in [3.63, 3.8) is 0 Å². The maximum Gasteiger partial charge on any atom is 0.328 e. The fraction of sp³-hybridized carbons (Fsp3) is 0.125. The molecule has 3 aromatic rings. The Hall–Kier alpha value is -3.89. The number of halogens is 1. The Labute approximate surface area is 150 Å². The molecule has 3 rings (SSSR count). The summed E-state index contributed by atoms with van der Waals surface area (Å²) in [6.45, 7) is -0.952. The SMILES string of the molecule is O=C(COC(=O)Cn1nnc2ccccc21)Nc1cc([N+](=O)[O-])ccc1F. The van der Waals surface area contributed by atoms with Crippen LogP contribution in [0, 0.1) is 15.9 Å². The topological polar surface area (TPSA) is 129 Å². The van der Waals surface area contributed by atoms with E-state index in [1.54, 1.807) is 24.3 Å². The number of amides is 1. The first-order valence-electron chi connectivity index (χ1n) is 7.61. The summed E-state index contributed by atoms with van der Waals surface area (Å²) in [6.07, 6.45) is 0. The zero-order valence-electron chi connectivity index (χ0n) is 13.7. The zero-order chi connectivity index (χ0) is 19.4. The van der Waals surface area contributed by atoms with E-state index in [1.807, 2.05) is 0 Å². The molecule has 0 atom stereocenters. The summed E-state index contributed by atoms with van der Waals surface area (Å²) in [4.78, 5) is 33.6. The number of esters is 1. The Morgan fingerprint density at radius 1 is 1.26 bits per heavy atom. The highest BCUT2D eigenvalue weighted by atomic mass is 19.1. The minimum Gasteiger partial charge on any atom is -0.454 e. The Balaban J connectivity index is 1.57. The molecule has 0 unspecified atom stereocenters. The van der Waals surface area contributed by atoms with Crippen molar-refractivity contribution in [1.82, 2.24) is 15.0 Å². The van der Waals surface area contributed by atoms with Crippen LogP contribution >= 0.6 is 0 Å². The molecule has 1 heterocycles. The van der Waals surface area contributed by atoms with E-state index in [4.69, 9.17) is 4.74 Å². The van der Waals surface area contributed by atoms with Gasteiger partial charge in [0.2, 0.25) is 0 Å². The second-order valence-electron chi connectivity index (χ2n) is 5.37. The highest BCUT2D eigenvalue weighted by molar-refractivity contribution is 5.93. The number of carbonyl (C=O) groups excluding carboxylic acids is 2. The number of hydrogen-bond donors (Lipinski definition) is 1. The van der Waals surface area contributed by atoms with Gasteiger partial charge in [-0.2, -0.15) is 0 Å². The van der Waals surface area contributed by atoms with Crippen molar-refractivity contribution in [2.24, 2.45) is 0 Å². The highest BCUT2D eigenvalue weighted by Gasteiger charge is 2.15. The van der Waals surface area contributed by atoms with Crippen LogP contribution in [0.1, 0.15) is 0 Å². The zero-order valence-corrected chi connectivity index (χ0v) is 13.7. The van der Waals surface area contributed by atoms with Crippen LogP contribution in [0.2, 0.25) is 0 Å². The van der Waals surface area contributed by atoms with Gasteiger partial charge in [-0.25, -0.2) is 9.07 Å². The molecule has 0 aliphatic carbocycles. The van der Waals surface area contributed by atoms with Gasteiger partial charge in [-0.1, -0.05) is 17.3 Å². The number of nitro groups is 1. The number of hydrogen-bond acceptors (Lipinski definition) is 7. The van der Waals surface area contributed by atoms with Gasteiger partial charge in [-0.15, -0.1) is 5.10 Å². The second-order valence-corrected chi connectivity index (χ2v) is 5.37. The van der Waals surface area contributed by atoms with E-state index >= 15 is 0 Å². The lowest BCUT2D eigenvalue weighted by Crippen LogP contribution is -2.23. The normalized spacial score (nSPS) is 10.6. The van der Waals surface area contributed by atoms with Crippen LogP contribution in [0.25, 0.3) is 11.0 Å². The smallest absolute Gasteiger partial charge is 0.328 e. The van der Waals surface area contributed by atoms with Gasteiger partial charge in [0.05, 0.1) is 16.1 Å². The number of para-hydroxylation sites is 1. The Bertz CT molecular complexity index is 1030. The monoisotopic (exact) mass is 373 g/mol. The molecule has 138 valence electrons. The minimum atomic E-state index is -0.852. The minimum absolute atomic E-state index is 0.265. The molecule has 0 fully saturated rings. The quantitative estimate of drug-likeness (QED) is 0.395. The fourth-order valence-electron chi connectivity index (χ4n) is 2.26. The van der Waals surface area contributed by atoms with Crippen molar-refractivity contribution in [3.05, 3.63) is 58.4 Å². The summed E-state index contributed by atoms with van der Waals surface area (Å²) in [5.41, 5.74) is 0.455. The van der Waals surface area contributed by atoms with Crippen molar-refractivity contribution < 1.29 is 23.6 Å². The molecule has 10 nitrogen and oxygen atoms in total. The van der Waals surface area contributed by atoms with Gasteiger partial charge in [0.1, 0.15) is 17.9 Å². The Morgan fingerprint density at radius 2 is 2.04 bits per heavy atom. The first-order valence-corrected chi connectivity index (χ1v) is 7.61. The lowest BCUT2D eigenvalue weighted by Gasteiger charge is -2.07. The summed E-state index contributed by atoms with van der Waals surface area (Å²) in [5.74, 6) is -2.44. The summed E-state index contributed by atoms with van der Waals surface area (Å²) < 4.78 is 19.8. The number of carbonyl (C=O) groups is 2. The predicted molar refractivity (Wildman–Crippen MR) is 90.2 cm³/mol. The molecule has 11 heteroatoms. The van der Waals surface area contributed by atoms with Gasteiger partial charge in [0, 0.05) is 12.1 Å². The number of fused-ring (bicyclic) bond motifs is 1. The number of nitrogens with one attached hydrogen (secondary N) is 1. The maximum atomic E-state index is 13.6. The summed E-state index contributed by atoms with van der Waals surface area (Å²) in [6, 6.07) is 9.68. The van der Waals surface area contributed by atoms with E-state index < -0.39 is 29.2 Å². The van der Waals surface area contributed by atoms with Crippen LogP contribution in [0.5, 0.6) is 0 Å². The summed E-state index contributed by atoms with van der Waals surface area (Å²) in [7, 11) is 0. The average Bonchev–Trinajstić information content (AvgIpc) is 3.05. The first kappa shape index (κ1) is 17.9. The van der Waals surface area contributed by atoms with E-state index in [1.165, 1.54) is 4.68 Å². The van der Waals surface area contributed by atoms with Crippen LogP contribution in [-0.4, -0.2) is 38.4 Å². The lowest BCUT2D eigenvalue weighted by atomic mass is 10.2. The lowest BCUT2D eigenvalue weighted by molar-refractivity contribution is -0.384. The molecule has 2 aromatic carbocycles. The van der Waals surface area contributed by atoms with Gasteiger partial charge in [-0.3, -0.25) is 19.7 Å². The summed E-state index contributed by atoms with van der Waals surface area (Å²) >= 11 is 0. The third-order valence-electron chi connectivity index (χ3n) is 3.50. The van der Waals surface area contributed by atoms with Gasteiger partial charge < -0.3 is 10.1 Å². The van der Waals surface area contributed by atoms with Crippen LogP contribution in [-0.2, 0) is 20.9 Å². The molecule has 0 saturated carbocycles. The molecule has 0 aliphatic rings. The standard InChI is InChI=1S/C16H12FN5O5/c17-11-6-5-10(22(25)26)7-13(11)18-15(23)9-27-16(24)8-21-14-4-2-1-3-12(14)19-20-21/h1-7H,8-9H2,(H,18,23). The first-order chi connectivity index (χ1) is 12.9. The molecule has 0 saturated heterocycles. The van der Waals surface area contributed by atoms with E-state index in [-0.39, 0.29) is 17.9 Å². The Kier molecular flexibility index (Phi) is 5.01. The molecule has 0 bridgehead atoms. The Morgan fingerprint density at radius 3 is 2.81 bits per heavy atom. The van der Waals surface area contributed by atoms with E-state index in [0.717, 1.165) is 18.2 Å². The molecular formula is C16H12FN5O5. The van der Waals surface area contributed by atoms with E-state index in [2.05, 4.69) is 15.6 Å². The van der Waals surface area contributed by atoms with E-state index in [9.17, 15) is 24.1 Å². The summed E-state index contributed by atoms with van der Waals surface area (Å²) in [5, 5.41) is 20.5. The highest BCUT2D eigenvalue weighted by Crippen LogP contribution is 2.21.